The van der Waals surface area contributed by atoms with Gasteiger partial charge in [0.2, 0.25) is 0 Å². The molecule has 2 heterocycles. The zero-order chi connectivity index (χ0) is 14.7. The maximum absolute atomic E-state index is 11.6. The van der Waals surface area contributed by atoms with Gasteiger partial charge in [-0.05, 0) is 17.0 Å². The molecule has 0 aliphatic heterocycles. The van der Waals surface area contributed by atoms with Crippen molar-refractivity contribution in [3.8, 4) is 10.7 Å². The summed E-state index contributed by atoms with van der Waals surface area (Å²) < 4.78 is 1.90. The van der Waals surface area contributed by atoms with Crippen molar-refractivity contribution in [1.82, 2.24) is 9.55 Å². The van der Waals surface area contributed by atoms with Crippen molar-refractivity contribution >= 4 is 17.3 Å². The van der Waals surface area contributed by atoms with E-state index in [1.165, 1.54) is 0 Å². The zero-order valence-electron chi connectivity index (χ0n) is 11.2. The summed E-state index contributed by atoms with van der Waals surface area (Å²) in [6.45, 7) is 0.368. The predicted octanol–water partition coefficient (Wildman–Crippen LogP) is 3.48. The zero-order valence-corrected chi connectivity index (χ0v) is 12.0. The minimum atomic E-state index is -0.827. The van der Waals surface area contributed by atoms with E-state index in [-0.39, 0.29) is 0 Å². The van der Waals surface area contributed by atoms with Crippen LogP contribution in [-0.4, -0.2) is 20.6 Å². The Labute approximate surface area is 126 Å². The van der Waals surface area contributed by atoms with Gasteiger partial charge in [0.25, 0.3) is 0 Å². The van der Waals surface area contributed by atoms with Gasteiger partial charge in [0, 0.05) is 18.9 Å². The number of aliphatic carboxylic acids is 1. The molecular weight excluding hydrogens is 284 g/mol. The van der Waals surface area contributed by atoms with E-state index in [0.717, 1.165) is 16.3 Å². The first-order chi connectivity index (χ1) is 10.3. The minimum Gasteiger partial charge on any atom is -0.481 e. The first-order valence-electron chi connectivity index (χ1n) is 6.58. The third kappa shape index (κ3) is 2.87. The van der Waals surface area contributed by atoms with Gasteiger partial charge in [0.05, 0.1) is 10.8 Å². The molecule has 0 bridgehead atoms. The third-order valence-electron chi connectivity index (χ3n) is 3.34. The van der Waals surface area contributed by atoms with Gasteiger partial charge >= 0.3 is 5.97 Å². The van der Waals surface area contributed by atoms with Gasteiger partial charge in [0.1, 0.15) is 5.82 Å². The number of carboxylic acid groups (broad SMARTS) is 1. The number of thiophene rings is 1. The fraction of sp³-hybridized carbons (Fsp3) is 0.125. The molecule has 1 N–H and O–H groups in total. The van der Waals surface area contributed by atoms with Crippen LogP contribution in [0.1, 0.15) is 11.5 Å². The molecule has 0 aliphatic rings. The Balaban J connectivity index is 1.92. The van der Waals surface area contributed by atoms with Crippen molar-refractivity contribution in [2.75, 3.05) is 0 Å². The number of rotatable bonds is 5. The Kier molecular flexibility index (Phi) is 3.83. The van der Waals surface area contributed by atoms with Crippen LogP contribution in [-0.2, 0) is 11.3 Å². The van der Waals surface area contributed by atoms with Crippen LogP contribution < -0.4 is 0 Å². The van der Waals surface area contributed by atoms with Crippen molar-refractivity contribution in [2.24, 2.45) is 0 Å². The molecule has 1 atom stereocenters. The summed E-state index contributed by atoms with van der Waals surface area (Å²) >= 11 is 1.60. The standard InChI is InChI=1S/C16H14N2O2S/c19-16(20)13(12-5-2-1-3-6-12)11-18-9-8-17-15(18)14-7-4-10-21-14/h1-10,13H,11H2,(H,19,20). The van der Waals surface area contributed by atoms with E-state index < -0.39 is 11.9 Å². The maximum Gasteiger partial charge on any atom is 0.312 e. The molecule has 0 fully saturated rings. The van der Waals surface area contributed by atoms with Crippen LogP contribution in [0.15, 0.2) is 60.2 Å². The lowest BCUT2D eigenvalue weighted by Crippen LogP contribution is -2.18. The molecule has 0 spiro atoms. The van der Waals surface area contributed by atoms with Crippen LogP contribution in [0.5, 0.6) is 0 Å². The molecule has 1 aromatic carbocycles. The van der Waals surface area contributed by atoms with Crippen molar-refractivity contribution in [2.45, 2.75) is 12.5 Å². The first-order valence-corrected chi connectivity index (χ1v) is 7.46. The summed E-state index contributed by atoms with van der Waals surface area (Å²) in [5, 5.41) is 11.5. The molecule has 0 saturated carbocycles. The summed E-state index contributed by atoms with van der Waals surface area (Å²) in [6.07, 6.45) is 3.53. The van der Waals surface area contributed by atoms with Gasteiger partial charge < -0.3 is 9.67 Å². The monoisotopic (exact) mass is 298 g/mol. The number of hydrogen-bond donors (Lipinski definition) is 1. The van der Waals surface area contributed by atoms with E-state index in [1.807, 2.05) is 58.6 Å². The minimum absolute atomic E-state index is 0.368. The molecule has 0 radical (unpaired) electrons. The van der Waals surface area contributed by atoms with Crippen LogP contribution in [0.25, 0.3) is 10.7 Å². The number of aromatic nitrogens is 2. The Morgan fingerprint density at radius 1 is 1.24 bits per heavy atom. The lowest BCUT2D eigenvalue weighted by Gasteiger charge is -2.15. The second-order valence-electron chi connectivity index (χ2n) is 4.68. The van der Waals surface area contributed by atoms with Crippen molar-refractivity contribution in [3.63, 3.8) is 0 Å². The lowest BCUT2D eigenvalue weighted by atomic mass is 9.99. The number of carboxylic acids is 1. The number of carbonyl (C=O) groups is 1. The molecular formula is C16H14N2O2S. The Morgan fingerprint density at radius 2 is 2.05 bits per heavy atom. The number of nitrogens with zero attached hydrogens (tertiary/aromatic N) is 2. The van der Waals surface area contributed by atoms with Crippen molar-refractivity contribution in [1.29, 1.82) is 0 Å². The van der Waals surface area contributed by atoms with Crippen LogP contribution in [0.3, 0.4) is 0 Å². The van der Waals surface area contributed by atoms with E-state index >= 15 is 0 Å². The summed E-state index contributed by atoms with van der Waals surface area (Å²) in [5.74, 6) is -0.599. The molecule has 2 aromatic heterocycles. The summed E-state index contributed by atoms with van der Waals surface area (Å²) in [4.78, 5) is 17.0. The average Bonchev–Trinajstić information content (AvgIpc) is 3.16. The highest BCUT2D eigenvalue weighted by atomic mass is 32.1. The van der Waals surface area contributed by atoms with Crippen LogP contribution in [0.2, 0.25) is 0 Å². The van der Waals surface area contributed by atoms with Gasteiger partial charge in [-0.15, -0.1) is 11.3 Å². The van der Waals surface area contributed by atoms with Gasteiger partial charge in [-0.2, -0.15) is 0 Å². The molecule has 0 aliphatic carbocycles. The summed E-state index contributed by atoms with van der Waals surface area (Å²) in [7, 11) is 0. The second-order valence-corrected chi connectivity index (χ2v) is 5.63. The Bertz CT molecular complexity index is 720. The van der Waals surface area contributed by atoms with E-state index in [2.05, 4.69) is 4.98 Å². The molecule has 3 aromatic rings. The van der Waals surface area contributed by atoms with Gasteiger partial charge in [-0.3, -0.25) is 4.79 Å². The average molecular weight is 298 g/mol. The second kappa shape index (κ2) is 5.93. The normalized spacial score (nSPS) is 12.2. The molecule has 0 amide bonds. The largest absolute Gasteiger partial charge is 0.481 e. The smallest absolute Gasteiger partial charge is 0.312 e. The van der Waals surface area contributed by atoms with Crippen LogP contribution >= 0.6 is 11.3 Å². The molecule has 5 heteroatoms. The van der Waals surface area contributed by atoms with E-state index in [9.17, 15) is 9.90 Å². The quantitative estimate of drug-likeness (QED) is 0.784. The number of hydrogen-bond acceptors (Lipinski definition) is 3. The Hall–Kier alpha value is -2.40. The van der Waals surface area contributed by atoms with Gasteiger partial charge in [-0.25, -0.2) is 4.98 Å². The molecule has 21 heavy (non-hydrogen) atoms. The van der Waals surface area contributed by atoms with E-state index in [4.69, 9.17) is 0 Å². The SMILES string of the molecule is O=C(O)C(Cn1ccnc1-c1cccs1)c1ccccc1. The first kappa shape index (κ1) is 13.6. The summed E-state index contributed by atoms with van der Waals surface area (Å²) in [5.41, 5.74) is 0.802. The lowest BCUT2D eigenvalue weighted by molar-refractivity contribution is -0.139. The molecule has 4 nitrogen and oxygen atoms in total. The summed E-state index contributed by atoms with van der Waals surface area (Å²) in [6, 6.07) is 13.3. The van der Waals surface area contributed by atoms with Gasteiger partial charge in [0.15, 0.2) is 0 Å². The highest BCUT2D eigenvalue weighted by Crippen LogP contribution is 2.26. The highest BCUT2D eigenvalue weighted by molar-refractivity contribution is 7.13. The van der Waals surface area contributed by atoms with Crippen molar-refractivity contribution in [3.05, 3.63) is 65.8 Å². The molecule has 106 valence electrons. The number of benzene rings is 1. The molecule has 3 rings (SSSR count). The topological polar surface area (TPSA) is 55.1 Å². The van der Waals surface area contributed by atoms with Crippen LogP contribution in [0, 0.1) is 0 Å². The van der Waals surface area contributed by atoms with Gasteiger partial charge in [-0.1, -0.05) is 36.4 Å². The fourth-order valence-electron chi connectivity index (χ4n) is 2.30. The fourth-order valence-corrected chi connectivity index (χ4v) is 3.03. The van der Waals surface area contributed by atoms with E-state index in [1.54, 1.807) is 17.5 Å². The van der Waals surface area contributed by atoms with Crippen LogP contribution in [0.4, 0.5) is 0 Å². The predicted molar refractivity (Wildman–Crippen MR) is 82.4 cm³/mol. The molecule has 1 unspecified atom stereocenters. The Morgan fingerprint density at radius 3 is 2.71 bits per heavy atom. The maximum atomic E-state index is 11.6. The van der Waals surface area contributed by atoms with E-state index in [0.29, 0.717) is 6.54 Å². The van der Waals surface area contributed by atoms with Crippen molar-refractivity contribution < 1.29 is 9.90 Å². The third-order valence-corrected chi connectivity index (χ3v) is 4.20. The highest BCUT2D eigenvalue weighted by Gasteiger charge is 2.21. The molecule has 0 saturated heterocycles. The number of imidazole rings is 1.